The number of piperidine rings is 1. The molecule has 1 aliphatic rings. The summed E-state index contributed by atoms with van der Waals surface area (Å²) in [5.41, 5.74) is 0.490. The van der Waals surface area contributed by atoms with Gasteiger partial charge >= 0.3 is 0 Å². The van der Waals surface area contributed by atoms with Crippen LogP contribution in [-0.2, 0) is 17.9 Å². The lowest BCUT2D eigenvalue weighted by Crippen LogP contribution is -2.43. The molecular formula is C11H18N4O2. The van der Waals surface area contributed by atoms with Crippen LogP contribution in [0.5, 0.6) is 0 Å². The molecule has 0 aliphatic carbocycles. The molecule has 0 bridgehead atoms. The van der Waals surface area contributed by atoms with Gasteiger partial charge in [-0.05, 0) is 26.2 Å². The first-order chi connectivity index (χ1) is 8.20. The normalized spacial score (nSPS) is 20.6. The van der Waals surface area contributed by atoms with Gasteiger partial charge in [-0.2, -0.15) is 0 Å². The molecule has 0 aromatic carbocycles. The summed E-state index contributed by atoms with van der Waals surface area (Å²) in [7, 11) is 0. The number of carbonyl (C=O) groups is 1. The number of aliphatic hydroxyl groups is 1. The van der Waals surface area contributed by atoms with E-state index in [1.807, 2.05) is 4.90 Å². The highest BCUT2D eigenvalue weighted by atomic mass is 16.3. The molecule has 2 heterocycles. The van der Waals surface area contributed by atoms with Crippen molar-refractivity contribution >= 4 is 5.91 Å². The monoisotopic (exact) mass is 238 g/mol. The van der Waals surface area contributed by atoms with E-state index in [1.165, 1.54) is 11.1 Å². The Balaban J connectivity index is 1.95. The Kier molecular flexibility index (Phi) is 3.73. The third-order valence-electron chi connectivity index (χ3n) is 3.17. The van der Waals surface area contributed by atoms with Crippen LogP contribution in [0.3, 0.4) is 0 Å². The van der Waals surface area contributed by atoms with Crippen molar-refractivity contribution in [1.82, 2.24) is 19.9 Å². The number of rotatable bonds is 3. The zero-order valence-electron chi connectivity index (χ0n) is 10.0. The fourth-order valence-electron chi connectivity index (χ4n) is 2.19. The summed E-state index contributed by atoms with van der Waals surface area (Å²) in [6.07, 6.45) is 4.95. The van der Waals surface area contributed by atoms with Gasteiger partial charge in [0.1, 0.15) is 12.2 Å². The van der Waals surface area contributed by atoms with Gasteiger partial charge in [-0.15, -0.1) is 5.10 Å². The Labute approximate surface area is 100 Å². The summed E-state index contributed by atoms with van der Waals surface area (Å²) in [6, 6.07) is 0.317. The van der Waals surface area contributed by atoms with Gasteiger partial charge in [-0.25, -0.2) is 4.68 Å². The van der Waals surface area contributed by atoms with Crippen molar-refractivity contribution in [2.24, 2.45) is 0 Å². The van der Waals surface area contributed by atoms with Gasteiger partial charge in [0.2, 0.25) is 5.91 Å². The predicted molar refractivity (Wildman–Crippen MR) is 61.0 cm³/mol. The standard InChI is InChI=1S/C11H18N4O2/c1-9-4-2-3-5-15(9)11(17)7-14-6-10(8-16)12-13-14/h6,9,16H,2-5,7-8H2,1H3. The molecule has 1 aromatic rings. The Morgan fingerprint density at radius 2 is 2.41 bits per heavy atom. The van der Waals surface area contributed by atoms with Gasteiger partial charge in [-0.3, -0.25) is 4.79 Å². The topological polar surface area (TPSA) is 71.2 Å². The Morgan fingerprint density at radius 3 is 3.06 bits per heavy atom. The van der Waals surface area contributed by atoms with E-state index in [0.717, 1.165) is 19.4 Å². The first-order valence-corrected chi connectivity index (χ1v) is 6.00. The Hall–Kier alpha value is -1.43. The fraction of sp³-hybridized carbons (Fsp3) is 0.727. The summed E-state index contributed by atoms with van der Waals surface area (Å²) in [6.45, 7) is 2.98. The molecule has 1 aromatic heterocycles. The fourth-order valence-corrected chi connectivity index (χ4v) is 2.19. The van der Waals surface area contributed by atoms with E-state index >= 15 is 0 Å². The van der Waals surface area contributed by atoms with Crippen LogP contribution in [-0.4, -0.2) is 43.5 Å². The zero-order valence-corrected chi connectivity index (χ0v) is 10.0. The quantitative estimate of drug-likeness (QED) is 0.815. The van der Waals surface area contributed by atoms with Crippen molar-refractivity contribution < 1.29 is 9.90 Å². The average molecular weight is 238 g/mol. The number of carbonyl (C=O) groups excluding carboxylic acids is 1. The van der Waals surface area contributed by atoms with E-state index in [9.17, 15) is 4.79 Å². The lowest BCUT2D eigenvalue weighted by Gasteiger charge is -2.33. The molecule has 1 fully saturated rings. The second-order valence-electron chi connectivity index (χ2n) is 4.50. The maximum Gasteiger partial charge on any atom is 0.244 e. The van der Waals surface area contributed by atoms with E-state index in [-0.39, 0.29) is 19.1 Å². The van der Waals surface area contributed by atoms with Crippen molar-refractivity contribution in [3.8, 4) is 0 Å². The minimum atomic E-state index is -0.145. The highest BCUT2D eigenvalue weighted by Gasteiger charge is 2.23. The van der Waals surface area contributed by atoms with E-state index in [1.54, 1.807) is 6.20 Å². The molecule has 1 unspecified atom stereocenters. The molecule has 17 heavy (non-hydrogen) atoms. The van der Waals surface area contributed by atoms with Crippen LogP contribution in [0.1, 0.15) is 31.9 Å². The van der Waals surface area contributed by atoms with Crippen LogP contribution in [0.15, 0.2) is 6.20 Å². The van der Waals surface area contributed by atoms with E-state index in [0.29, 0.717) is 11.7 Å². The smallest absolute Gasteiger partial charge is 0.244 e. The van der Waals surface area contributed by atoms with E-state index in [2.05, 4.69) is 17.2 Å². The van der Waals surface area contributed by atoms with Crippen LogP contribution < -0.4 is 0 Å². The first kappa shape index (κ1) is 12.0. The van der Waals surface area contributed by atoms with Gasteiger partial charge < -0.3 is 10.0 Å². The molecule has 1 saturated heterocycles. The summed E-state index contributed by atoms with van der Waals surface area (Å²) >= 11 is 0. The molecule has 0 saturated carbocycles. The van der Waals surface area contributed by atoms with Crippen LogP contribution in [0.25, 0.3) is 0 Å². The Bertz CT molecular complexity index is 391. The molecule has 2 rings (SSSR count). The second-order valence-corrected chi connectivity index (χ2v) is 4.50. The van der Waals surface area contributed by atoms with Gasteiger partial charge in [0.15, 0.2) is 0 Å². The maximum atomic E-state index is 12.1. The van der Waals surface area contributed by atoms with Crippen molar-refractivity contribution in [2.75, 3.05) is 6.54 Å². The number of hydrogen-bond donors (Lipinski definition) is 1. The molecule has 1 aliphatic heterocycles. The summed E-state index contributed by atoms with van der Waals surface area (Å²) < 4.78 is 1.48. The molecule has 1 N–H and O–H groups in total. The van der Waals surface area contributed by atoms with E-state index < -0.39 is 0 Å². The molecule has 94 valence electrons. The van der Waals surface area contributed by atoms with Gasteiger partial charge in [0, 0.05) is 12.6 Å². The largest absolute Gasteiger partial charge is 0.390 e. The molecule has 0 radical (unpaired) electrons. The lowest BCUT2D eigenvalue weighted by atomic mass is 10.0. The average Bonchev–Trinajstić information content (AvgIpc) is 2.77. The van der Waals surface area contributed by atoms with Crippen LogP contribution in [0.2, 0.25) is 0 Å². The third kappa shape index (κ3) is 2.82. The number of hydrogen-bond acceptors (Lipinski definition) is 4. The van der Waals surface area contributed by atoms with Crippen LogP contribution in [0, 0.1) is 0 Å². The molecule has 1 amide bonds. The number of likely N-dealkylation sites (tertiary alicyclic amines) is 1. The summed E-state index contributed by atoms with van der Waals surface area (Å²) in [5.74, 6) is 0.0755. The van der Waals surface area contributed by atoms with Crippen molar-refractivity contribution in [1.29, 1.82) is 0 Å². The highest BCUT2D eigenvalue weighted by Crippen LogP contribution is 2.16. The minimum Gasteiger partial charge on any atom is -0.390 e. The molecular weight excluding hydrogens is 220 g/mol. The van der Waals surface area contributed by atoms with Gasteiger partial charge in [0.25, 0.3) is 0 Å². The number of aliphatic hydroxyl groups excluding tert-OH is 1. The minimum absolute atomic E-state index is 0.0755. The summed E-state index contributed by atoms with van der Waals surface area (Å²) in [4.78, 5) is 14.0. The second kappa shape index (κ2) is 5.27. The van der Waals surface area contributed by atoms with E-state index in [4.69, 9.17) is 5.11 Å². The number of amides is 1. The maximum absolute atomic E-state index is 12.1. The number of nitrogens with zero attached hydrogens (tertiary/aromatic N) is 4. The van der Waals surface area contributed by atoms with Crippen molar-refractivity contribution in [2.45, 2.75) is 45.4 Å². The molecule has 6 nitrogen and oxygen atoms in total. The van der Waals surface area contributed by atoms with Gasteiger partial charge in [-0.1, -0.05) is 5.21 Å². The molecule has 1 atom stereocenters. The molecule has 6 heteroatoms. The number of aromatic nitrogens is 3. The van der Waals surface area contributed by atoms with Crippen LogP contribution in [0.4, 0.5) is 0 Å². The SMILES string of the molecule is CC1CCCCN1C(=O)Cn1cc(CO)nn1. The van der Waals surface area contributed by atoms with Gasteiger partial charge in [0.05, 0.1) is 12.8 Å². The highest BCUT2D eigenvalue weighted by molar-refractivity contribution is 5.76. The molecule has 0 spiro atoms. The van der Waals surface area contributed by atoms with Crippen molar-refractivity contribution in [3.05, 3.63) is 11.9 Å². The summed E-state index contributed by atoms with van der Waals surface area (Å²) in [5, 5.41) is 16.4. The predicted octanol–water partition coefficient (Wildman–Crippen LogP) is 0.171. The zero-order chi connectivity index (χ0) is 12.3. The van der Waals surface area contributed by atoms with Crippen molar-refractivity contribution in [3.63, 3.8) is 0 Å². The third-order valence-corrected chi connectivity index (χ3v) is 3.17. The first-order valence-electron chi connectivity index (χ1n) is 6.00. The van der Waals surface area contributed by atoms with Crippen LogP contribution >= 0.6 is 0 Å². The Morgan fingerprint density at radius 1 is 1.59 bits per heavy atom. The lowest BCUT2D eigenvalue weighted by molar-refractivity contribution is -0.135.